The van der Waals surface area contributed by atoms with Crippen LogP contribution in [-0.2, 0) is 0 Å². The van der Waals surface area contributed by atoms with Crippen LogP contribution in [0, 0.1) is 6.92 Å². The number of aryl methyl sites for hydroxylation is 1. The summed E-state index contributed by atoms with van der Waals surface area (Å²) in [4.78, 5) is 6.05. The van der Waals surface area contributed by atoms with Gasteiger partial charge >= 0.3 is 0 Å². The van der Waals surface area contributed by atoms with E-state index in [0.29, 0.717) is 0 Å². The number of hydrogen-bond donors (Lipinski definition) is 1. The summed E-state index contributed by atoms with van der Waals surface area (Å²) in [6, 6.07) is 27.9. The van der Waals surface area contributed by atoms with Gasteiger partial charge in [0.25, 0.3) is 0 Å². The van der Waals surface area contributed by atoms with Crippen LogP contribution in [0.5, 0.6) is 0 Å². The summed E-state index contributed by atoms with van der Waals surface area (Å²) in [6.45, 7) is 14.0. The van der Waals surface area contributed by atoms with Crippen molar-refractivity contribution < 1.29 is 0 Å². The third-order valence-corrected chi connectivity index (χ3v) is 7.17. The molecule has 2 aromatic carbocycles. The molecule has 0 fully saturated rings. The molecule has 0 aliphatic carbocycles. The molecule has 0 spiro atoms. The predicted molar refractivity (Wildman–Crippen MR) is 161 cm³/mol. The Bertz CT molecular complexity index is 1180. The molecule has 0 aliphatic rings. The highest BCUT2D eigenvalue weighted by Crippen LogP contribution is 2.43. The van der Waals surface area contributed by atoms with Crippen LogP contribution >= 0.6 is 35.3 Å². The molecule has 4 aromatic rings. The highest BCUT2D eigenvalue weighted by molar-refractivity contribution is 7.79. The number of thiophene rings is 2. The van der Waals surface area contributed by atoms with Crippen LogP contribution in [0.2, 0.25) is 0 Å². The average molecular weight is 504 g/mol. The maximum absolute atomic E-state index is 4.01. The van der Waals surface area contributed by atoms with Gasteiger partial charge in [-0.1, -0.05) is 81.1 Å². The Morgan fingerprint density at radius 1 is 0.765 bits per heavy atom. The average Bonchev–Trinajstić information content (AvgIpc) is 3.58. The molecule has 4 heteroatoms. The monoisotopic (exact) mass is 503 g/mol. The van der Waals surface area contributed by atoms with Gasteiger partial charge in [0.15, 0.2) is 0 Å². The molecule has 1 nitrogen and oxygen atoms in total. The van der Waals surface area contributed by atoms with E-state index in [2.05, 4.69) is 110 Å². The van der Waals surface area contributed by atoms with Crippen molar-refractivity contribution >= 4 is 46.0 Å². The number of rotatable bonds is 7. The third kappa shape index (κ3) is 6.86. The number of nitrogens with zero attached hydrogens (tertiary/aromatic N) is 1. The molecular formula is C30H33NS3. The van der Waals surface area contributed by atoms with E-state index in [0.717, 1.165) is 16.4 Å². The Balaban J connectivity index is 0.000000970. The van der Waals surface area contributed by atoms with E-state index in [1.807, 2.05) is 43.4 Å². The van der Waals surface area contributed by atoms with Gasteiger partial charge in [0, 0.05) is 26.0 Å². The second kappa shape index (κ2) is 14.5. The molecule has 4 rings (SSSR count). The lowest BCUT2D eigenvalue weighted by atomic mass is 10.1. The molecule has 2 heterocycles. The number of benzene rings is 2. The van der Waals surface area contributed by atoms with Crippen LogP contribution < -0.4 is 4.90 Å². The summed E-state index contributed by atoms with van der Waals surface area (Å²) in [7, 11) is 0. The molecule has 0 aliphatic heterocycles. The van der Waals surface area contributed by atoms with Gasteiger partial charge in [-0.2, -0.15) is 12.6 Å². The first-order valence-corrected chi connectivity index (χ1v) is 13.7. The minimum absolute atomic E-state index is 0.996. The molecule has 0 bridgehead atoms. The SMILES string of the molecule is C=C/C=C(\C=C)N(c1ccccc1)c1ccc(-c2ccc(-c3ccc(C)cc3)s2)s1.CC.CS. The molecule has 0 amide bonds. The van der Waals surface area contributed by atoms with Crippen molar-refractivity contribution in [1.82, 2.24) is 0 Å². The van der Waals surface area contributed by atoms with E-state index >= 15 is 0 Å². The summed E-state index contributed by atoms with van der Waals surface area (Å²) in [6.07, 6.45) is 7.35. The summed E-state index contributed by atoms with van der Waals surface area (Å²) >= 11 is 7.14. The Labute approximate surface area is 218 Å². The van der Waals surface area contributed by atoms with Crippen LogP contribution in [0.4, 0.5) is 10.7 Å². The summed E-state index contributed by atoms with van der Waals surface area (Å²) in [5, 5.41) is 1.15. The van der Waals surface area contributed by atoms with Gasteiger partial charge in [0.2, 0.25) is 0 Å². The minimum atomic E-state index is 0.996. The molecule has 0 atom stereocenters. The highest BCUT2D eigenvalue weighted by atomic mass is 32.1. The fourth-order valence-corrected chi connectivity index (χ4v) is 5.41. The van der Waals surface area contributed by atoms with E-state index in [4.69, 9.17) is 0 Å². The molecule has 176 valence electrons. The number of thiol groups is 1. The Kier molecular flexibility index (Phi) is 11.7. The molecule has 0 N–H and O–H groups in total. The minimum Gasteiger partial charge on any atom is -0.302 e. The van der Waals surface area contributed by atoms with Crippen molar-refractivity contribution in [2.75, 3.05) is 11.2 Å². The van der Waals surface area contributed by atoms with Gasteiger partial charge < -0.3 is 4.90 Å². The summed E-state index contributed by atoms with van der Waals surface area (Å²) < 4.78 is 0. The van der Waals surface area contributed by atoms with E-state index in [1.54, 1.807) is 23.7 Å². The van der Waals surface area contributed by atoms with Gasteiger partial charge in [-0.05, 0) is 67.3 Å². The van der Waals surface area contributed by atoms with E-state index in [9.17, 15) is 0 Å². The van der Waals surface area contributed by atoms with Gasteiger partial charge in [0.05, 0.1) is 0 Å². The van der Waals surface area contributed by atoms with Gasteiger partial charge in [-0.15, -0.1) is 22.7 Å². The van der Waals surface area contributed by atoms with Crippen molar-refractivity contribution in [3.63, 3.8) is 0 Å². The maximum atomic E-state index is 4.01. The molecule has 0 radical (unpaired) electrons. The Morgan fingerprint density at radius 2 is 1.35 bits per heavy atom. The lowest BCUT2D eigenvalue weighted by Crippen LogP contribution is -2.13. The fourth-order valence-electron chi connectivity index (χ4n) is 3.26. The lowest BCUT2D eigenvalue weighted by molar-refractivity contribution is 1.24. The lowest BCUT2D eigenvalue weighted by Gasteiger charge is -2.24. The van der Waals surface area contributed by atoms with Crippen LogP contribution in [0.25, 0.3) is 20.2 Å². The van der Waals surface area contributed by atoms with Crippen LogP contribution in [0.1, 0.15) is 19.4 Å². The first-order valence-electron chi connectivity index (χ1n) is 11.2. The van der Waals surface area contributed by atoms with Gasteiger partial charge in [-0.25, -0.2) is 0 Å². The van der Waals surface area contributed by atoms with Crippen LogP contribution in [-0.4, -0.2) is 6.26 Å². The number of anilines is 2. The zero-order chi connectivity index (χ0) is 24.9. The number of para-hydroxylation sites is 1. The predicted octanol–water partition coefficient (Wildman–Crippen LogP) is 10.4. The normalized spacial score (nSPS) is 10.3. The second-order valence-corrected chi connectivity index (χ2v) is 9.02. The standard InChI is InChI=1S/C27H23NS2.C2H6.CH4S/c1-4-9-22(5-2)28(23-10-7-6-8-11-23)27-19-18-26(30-27)25-17-16-24(29-25)21-14-12-20(3)13-15-21;2*1-2/h4-19H,1-2H2,3H3;1-2H3;2H,1H3/b22-9+;;. The largest absolute Gasteiger partial charge is 0.302 e. The quantitative estimate of drug-likeness (QED) is 0.194. The van der Waals surface area contributed by atoms with Crippen molar-refractivity contribution in [1.29, 1.82) is 0 Å². The fraction of sp³-hybridized carbons (Fsp3) is 0.133. The third-order valence-electron chi connectivity index (χ3n) is 4.77. The zero-order valence-electron chi connectivity index (χ0n) is 20.4. The van der Waals surface area contributed by atoms with Crippen molar-refractivity contribution in [2.24, 2.45) is 0 Å². The molecular weight excluding hydrogens is 471 g/mol. The molecule has 0 saturated carbocycles. The van der Waals surface area contributed by atoms with Gasteiger partial charge in [-0.3, -0.25) is 0 Å². The summed E-state index contributed by atoms with van der Waals surface area (Å²) in [5.41, 5.74) is 4.65. The molecule has 0 saturated heterocycles. The Hall–Kier alpha value is -2.79. The molecule has 2 aromatic heterocycles. The zero-order valence-corrected chi connectivity index (χ0v) is 22.9. The smallest absolute Gasteiger partial charge is 0.101 e. The van der Waals surface area contributed by atoms with E-state index in [-0.39, 0.29) is 0 Å². The first-order chi connectivity index (χ1) is 16.7. The van der Waals surface area contributed by atoms with Crippen LogP contribution in [0.15, 0.2) is 116 Å². The van der Waals surface area contributed by atoms with Crippen molar-refractivity contribution in [3.05, 3.63) is 122 Å². The Morgan fingerprint density at radius 3 is 1.97 bits per heavy atom. The van der Waals surface area contributed by atoms with Crippen LogP contribution in [0.3, 0.4) is 0 Å². The summed E-state index contributed by atoms with van der Waals surface area (Å²) in [5.74, 6) is 0. The first kappa shape index (κ1) is 27.5. The van der Waals surface area contributed by atoms with E-state index in [1.165, 1.54) is 25.8 Å². The van der Waals surface area contributed by atoms with Crippen molar-refractivity contribution in [2.45, 2.75) is 20.8 Å². The maximum Gasteiger partial charge on any atom is 0.101 e. The number of hydrogen-bond acceptors (Lipinski definition) is 4. The highest BCUT2D eigenvalue weighted by Gasteiger charge is 2.16. The van der Waals surface area contributed by atoms with E-state index < -0.39 is 0 Å². The topological polar surface area (TPSA) is 3.24 Å². The second-order valence-electron chi connectivity index (χ2n) is 6.87. The van der Waals surface area contributed by atoms with Gasteiger partial charge in [0.1, 0.15) is 5.00 Å². The molecule has 0 unspecified atom stereocenters. The molecule has 34 heavy (non-hydrogen) atoms. The number of allylic oxidation sites excluding steroid dienone is 3. The van der Waals surface area contributed by atoms with Crippen molar-refractivity contribution in [3.8, 4) is 20.2 Å².